The van der Waals surface area contributed by atoms with Gasteiger partial charge in [-0.3, -0.25) is 33.7 Å². The fourth-order valence-corrected chi connectivity index (χ4v) is 8.92. The Bertz CT molecular complexity index is 2720. The van der Waals surface area contributed by atoms with Gasteiger partial charge >= 0.3 is 18.0 Å². The molecule has 2 N–H and O–H groups in total. The van der Waals surface area contributed by atoms with Crippen LogP contribution < -0.4 is 20.1 Å². The topological polar surface area (TPSA) is 196 Å². The first-order valence-electron chi connectivity index (χ1n) is 26.3. The van der Waals surface area contributed by atoms with Gasteiger partial charge in [-0.2, -0.15) is 0 Å². The van der Waals surface area contributed by atoms with Gasteiger partial charge < -0.3 is 39.2 Å². The fourth-order valence-electron chi connectivity index (χ4n) is 8.92. The number of rotatable bonds is 22. The van der Waals surface area contributed by atoms with Crippen molar-refractivity contribution >= 4 is 52.3 Å². The number of likely N-dealkylation sites (N-methyl/N-ethyl adjacent to an activating group) is 1. The smallest absolute Gasteiger partial charge is 0.410 e. The fraction of sp³-hybridized carbons (Fsp3) is 0.492. The predicted octanol–water partition coefficient (Wildman–Crippen LogP) is 8.78. The van der Waals surface area contributed by atoms with Crippen LogP contribution >= 0.6 is 0 Å². The molecule has 0 aliphatic carbocycles. The zero-order valence-corrected chi connectivity index (χ0v) is 47.2. The summed E-state index contributed by atoms with van der Waals surface area (Å²) in [5.74, 6) is -3.44. The Kier molecular flexibility index (Phi) is 20.6. The minimum Gasteiger partial charge on any atom is -0.490 e. The molecule has 416 valence electrons. The van der Waals surface area contributed by atoms with Crippen molar-refractivity contribution in [1.29, 1.82) is 0 Å². The van der Waals surface area contributed by atoms with E-state index in [0.717, 1.165) is 32.4 Å². The molecule has 1 heterocycles. The summed E-state index contributed by atoms with van der Waals surface area (Å²) < 4.78 is 28.4. The van der Waals surface area contributed by atoms with Gasteiger partial charge in [-0.25, -0.2) is 4.79 Å². The Balaban J connectivity index is 1.48. The number of carbonyl (C=O) groups is 7. The van der Waals surface area contributed by atoms with Gasteiger partial charge in [-0.15, -0.1) is 0 Å². The number of hydrogen-bond donors (Lipinski definition) is 2. The molecule has 0 aromatic heterocycles. The summed E-state index contributed by atoms with van der Waals surface area (Å²) in [4.78, 5) is 101. The molecule has 77 heavy (non-hydrogen) atoms. The molecule has 4 amide bonds. The Morgan fingerprint density at radius 1 is 0.727 bits per heavy atom. The third kappa shape index (κ3) is 17.9. The van der Waals surface area contributed by atoms with Crippen LogP contribution in [0.4, 0.5) is 4.79 Å². The number of esters is 2. The minimum absolute atomic E-state index is 0.00573. The number of ether oxygens (including phenoxy) is 5. The van der Waals surface area contributed by atoms with Crippen LogP contribution in [0.5, 0.6) is 11.5 Å². The molecule has 7 atom stereocenters. The van der Waals surface area contributed by atoms with Gasteiger partial charge in [0.05, 0.1) is 31.5 Å². The molecule has 16 nitrogen and oxygen atoms in total. The second kappa shape index (κ2) is 26.2. The van der Waals surface area contributed by atoms with Crippen molar-refractivity contribution in [1.82, 2.24) is 20.4 Å². The van der Waals surface area contributed by atoms with Crippen LogP contribution in [0, 0.1) is 17.3 Å². The number of hydrogen-bond acceptors (Lipinski definition) is 12. The van der Waals surface area contributed by atoms with Crippen LogP contribution in [0.1, 0.15) is 106 Å². The number of fused-ring (bicyclic) bond motifs is 1. The third-order valence-electron chi connectivity index (χ3n) is 13.2. The first kappa shape index (κ1) is 60.6. The normalized spacial score (nSPS) is 16.7. The van der Waals surface area contributed by atoms with Crippen molar-refractivity contribution < 1.29 is 57.2 Å². The molecule has 4 aromatic rings. The number of nitrogens with zero attached hydrogens (tertiary/aromatic N) is 2. The number of Topliss-reactive ketones (excluding diaryl/α,β-unsaturated/α-hetero) is 1. The minimum atomic E-state index is -1.21. The van der Waals surface area contributed by atoms with E-state index >= 15 is 9.59 Å². The number of nitrogens with one attached hydrogen (secondary N) is 2. The lowest BCUT2D eigenvalue weighted by Crippen LogP contribution is -2.60. The van der Waals surface area contributed by atoms with E-state index in [1.54, 1.807) is 78.8 Å². The average Bonchev–Trinajstić information content (AvgIpc) is 3.79. The maximum atomic E-state index is 15.2. The largest absolute Gasteiger partial charge is 0.490 e. The van der Waals surface area contributed by atoms with Crippen molar-refractivity contribution in [2.75, 3.05) is 27.3 Å². The first-order valence-corrected chi connectivity index (χ1v) is 26.3. The number of likely N-dealkylation sites (tertiary alicyclic amines) is 1. The van der Waals surface area contributed by atoms with Crippen molar-refractivity contribution in [3.05, 3.63) is 120 Å². The van der Waals surface area contributed by atoms with E-state index < -0.39 is 94.3 Å². The molecule has 0 bridgehead atoms. The Morgan fingerprint density at radius 2 is 1.31 bits per heavy atom. The number of amides is 4. The molecule has 0 unspecified atom stereocenters. The highest BCUT2D eigenvalue weighted by molar-refractivity contribution is 5.97. The Morgan fingerprint density at radius 3 is 1.90 bits per heavy atom. The van der Waals surface area contributed by atoms with Gasteiger partial charge in [0.1, 0.15) is 53.5 Å². The number of benzene rings is 4. The maximum Gasteiger partial charge on any atom is 0.410 e. The second-order valence-corrected chi connectivity index (χ2v) is 23.1. The van der Waals surface area contributed by atoms with Crippen molar-refractivity contribution in [2.24, 2.45) is 17.3 Å². The molecule has 1 fully saturated rings. The highest BCUT2D eigenvalue weighted by Crippen LogP contribution is 2.30. The SMILES string of the molecule is C=CCOc1ccc(C[C@H](CC(=O)[C@H](Cc2ccc3ccccc3c2)NC(=O)[C@@H]2C[C@H](Oc3ccc(C[C@H](C)C(=O)OC(C)(C)C)cc3)CN2C(=O)[C@@H](NC(=O)[C@H](C)N(C)C(=O)OC(C)(C)C)C(C)(C)C)C(=O)OC)cc1. The Labute approximate surface area is 454 Å². The van der Waals surface area contributed by atoms with Crippen LogP contribution in [0.25, 0.3) is 10.8 Å². The lowest BCUT2D eigenvalue weighted by atomic mass is 9.85. The van der Waals surface area contributed by atoms with Crippen LogP contribution in [-0.4, -0.2) is 120 Å². The lowest BCUT2D eigenvalue weighted by Gasteiger charge is -2.37. The first-order chi connectivity index (χ1) is 36.0. The summed E-state index contributed by atoms with van der Waals surface area (Å²) in [6.07, 6.45) is 0.544. The summed E-state index contributed by atoms with van der Waals surface area (Å²) in [5.41, 5.74) is 0.0125. The summed E-state index contributed by atoms with van der Waals surface area (Å²) in [6.45, 7) is 23.2. The molecule has 1 saturated heterocycles. The van der Waals surface area contributed by atoms with E-state index in [-0.39, 0.29) is 38.2 Å². The zero-order chi connectivity index (χ0) is 57.0. The van der Waals surface area contributed by atoms with Crippen molar-refractivity contribution in [2.45, 2.75) is 150 Å². The van der Waals surface area contributed by atoms with E-state index in [2.05, 4.69) is 17.2 Å². The molecular weight excluding hydrogens is 981 g/mol. The van der Waals surface area contributed by atoms with Crippen molar-refractivity contribution in [3.8, 4) is 11.5 Å². The maximum absolute atomic E-state index is 15.2. The van der Waals surface area contributed by atoms with Gasteiger partial charge in [0.15, 0.2) is 5.78 Å². The molecule has 0 radical (unpaired) electrons. The van der Waals surface area contributed by atoms with Gasteiger partial charge in [0.25, 0.3) is 0 Å². The number of carbonyl (C=O) groups excluding carboxylic acids is 7. The lowest BCUT2D eigenvalue weighted by molar-refractivity contribution is -0.159. The second-order valence-electron chi connectivity index (χ2n) is 23.1. The van der Waals surface area contributed by atoms with Gasteiger partial charge in [0.2, 0.25) is 17.7 Å². The molecule has 16 heteroatoms. The van der Waals surface area contributed by atoms with E-state index in [0.29, 0.717) is 24.5 Å². The van der Waals surface area contributed by atoms with Crippen molar-refractivity contribution in [3.63, 3.8) is 0 Å². The number of ketones is 1. The average molecular weight is 1060 g/mol. The summed E-state index contributed by atoms with van der Waals surface area (Å²) in [7, 11) is 2.70. The van der Waals surface area contributed by atoms with Gasteiger partial charge in [0, 0.05) is 19.9 Å². The van der Waals surface area contributed by atoms with Crippen LogP contribution in [0.15, 0.2) is 104 Å². The van der Waals surface area contributed by atoms with E-state index in [1.165, 1.54) is 26.0 Å². The van der Waals surface area contributed by atoms with E-state index in [9.17, 15) is 24.0 Å². The molecule has 1 aliphatic heterocycles. The highest BCUT2D eigenvalue weighted by atomic mass is 16.6. The summed E-state index contributed by atoms with van der Waals surface area (Å²) >= 11 is 0. The van der Waals surface area contributed by atoms with Crippen LogP contribution in [0.3, 0.4) is 0 Å². The Hall–Kier alpha value is -7.23. The third-order valence-corrected chi connectivity index (χ3v) is 13.2. The predicted molar refractivity (Wildman–Crippen MR) is 295 cm³/mol. The highest BCUT2D eigenvalue weighted by Gasteiger charge is 2.47. The molecular formula is C61H80N4O12. The standard InChI is InChI=1S/C61H80N4O12/c1-15-30-74-46-26-21-41(22-27-46)32-45(57(71)73-14)35-51(66)49(34-42-20-25-43-18-16-17-19-44(43)33-42)62-54(68)50-36-48(75-47-28-23-40(24-29-47)31-38(2)56(70)76-60(7,8)9)37-65(50)55(69)52(59(4,5)6)63-53(67)39(3)64(13)58(72)77-61(10,11)12/h15-29,33,38-39,45,48-50,52H,1,30-32,34-37H2,2-14H3,(H,62,68)(H,63,67)/t38-,39-,45+,48-,49-,50-,52+/m0/s1. The monoisotopic (exact) mass is 1060 g/mol. The zero-order valence-electron chi connectivity index (χ0n) is 47.2. The molecule has 1 aliphatic rings. The van der Waals surface area contributed by atoms with Crippen LogP contribution in [0.2, 0.25) is 0 Å². The van der Waals surface area contributed by atoms with Gasteiger partial charge in [-0.05, 0) is 125 Å². The molecule has 0 spiro atoms. The molecule has 5 rings (SSSR count). The van der Waals surface area contributed by atoms with Crippen LogP contribution in [-0.2, 0) is 62.2 Å². The summed E-state index contributed by atoms with van der Waals surface area (Å²) in [6, 6.07) is 23.3. The van der Waals surface area contributed by atoms with E-state index in [4.69, 9.17) is 23.7 Å². The number of methoxy groups -OCH3 is 1. The summed E-state index contributed by atoms with van der Waals surface area (Å²) in [5, 5.41) is 7.80. The molecule has 0 saturated carbocycles. The molecule has 4 aromatic carbocycles. The van der Waals surface area contributed by atoms with E-state index in [1.807, 2.05) is 87.5 Å². The quantitative estimate of drug-likeness (QED) is 0.0432. The van der Waals surface area contributed by atoms with Gasteiger partial charge in [-0.1, -0.05) is 107 Å².